The molecule has 0 spiro atoms. The molecule has 2 aromatic rings. The molecule has 2 rings (SSSR count). The summed E-state index contributed by atoms with van der Waals surface area (Å²) in [4.78, 5) is 4.63. The van der Waals surface area contributed by atoms with Gasteiger partial charge in [0.2, 0.25) is 0 Å². The maximum Gasteiger partial charge on any atom is 0.140 e. The Morgan fingerprint density at radius 1 is 1.24 bits per heavy atom. The first-order valence-electron chi connectivity index (χ1n) is 7.33. The molecule has 0 aliphatic heterocycles. The van der Waals surface area contributed by atoms with Gasteiger partial charge in [0.25, 0.3) is 0 Å². The lowest BCUT2D eigenvalue weighted by atomic mass is 9.93. The summed E-state index contributed by atoms with van der Waals surface area (Å²) in [5, 5.41) is 3.12. The van der Waals surface area contributed by atoms with Crippen LogP contribution in [0.5, 0.6) is 5.75 Å². The van der Waals surface area contributed by atoms with Crippen LogP contribution < -0.4 is 10.5 Å². The van der Waals surface area contributed by atoms with Crippen molar-refractivity contribution in [3.05, 3.63) is 45.9 Å². The van der Waals surface area contributed by atoms with Gasteiger partial charge in [-0.3, -0.25) is 0 Å². The molecule has 0 radical (unpaired) electrons. The number of aromatic nitrogens is 1. The Bertz CT molecular complexity index is 569. The zero-order chi connectivity index (χ0) is 15.5. The number of rotatable bonds is 5. The van der Waals surface area contributed by atoms with E-state index < -0.39 is 0 Å². The Labute approximate surface area is 131 Å². The molecule has 0 saturated carbocycles. The number of benzene rings is 1. The highest BCUT2D eigenvalue weighted by Gasteiger charge is 2.17. The molecule has 0 unspecified atom stereocenters. The normalized spacial score (nSPS) is 13.2. The van der Waals surface area contributed by atoms with Gasteiger partial charge in [0.15, 0.2) is 0 Å². The lowest BCUT2D eigenvalue weighted by Crippen LogP contribution is -2.11. The number of hydrogen-bond donors (Lipinski definition) is 1. The molecule has 4 heteroatoms. The summed E-state index contributed by atoms with van der Waals surface area (Å²) >= 11 is 1.65. The molecule has 3 nitrogen and oxygen atoms in total. The highest BCUT2D eigenvalue weighted by molar-refractivity contribution is 7.09. The fourth-order valence-electron chi connectivity index (χ4n) is 1.91. The number of hydrogen-bond acceptors (Lipinski definition) is 4. The van der Waals surface area contributed by atoms with Gasteiger partial charge < -0.3 is 10.5 Å². The predicted octanol–water partition coefficient (Wildman–Crippen LogP) is 4.43. The largest absolute Gasteiger partial charge is 0.486 e. The molecule has 1 aromatic carbocycles. The second-order valence-electron chi connectivity index (χ2n) is 6.25. The molecule has 1 aromatic heterocycles. The van der Waals surface area contributed by atoms with Gasteiger partial charge in [-0.1, -0.05) is 39.8 Å². The first kappa shape index (κ1) is 16.0. The summed E-state index contributed by atoms with van der Waals surface area (Å²) in [7, 11) is 0. The first-order valence-corrected chi connectivity index (χ1v) is 8.21. The average Bonchev–Trinajstić information content (AvgIpc) is 2.94. The van der Waals surface area contributed by atoms with Crippen molar-refractivity contribution < 1.29 is 4.74 Å². The fourth-order valence-corrected chi connectivity index (χ4v) is 2.85. The molecule has 0 aliphatic carbocycles. The van der Waals surface area contributed by atoms with Gasteiger partial charge in [-0.25, -0.2) is 4.98 Å². The van der Waals surface area contributed by atoms with Gasteiger partial charge in [0.05, 0.1) is 5.69 Å². The van der Waals surface area contributed by atoms with Gasteiger partial charge in [-0.05, 0) is 24.1 Å². The van der Waals surface area contributed by atoms with Crippen LogP contribution in [0.2, 0.25) is 0 Å². The first-order chi connectivity index (χ1) is 9.90. The van der Waals surface area contributed by atoms with E-state index in [-0.39, 0.29) is 11.5 Å². The van der Waals surface area contributed by atoms with Gasteiger partial charge in [-0.2, -0.15) is 0 Å². The van der Waals surface area contributed by atoms with Crippen LogP contribution >= 0.6 is 11.3 Å². The molecular formula is C17H24N2OS. The lowest BCUT2D eigenvalue weighted by Gasteiger charge is -2.14. The van der Waals surface area contributed by atoms with Crippen LogP contribution in [0.15, 0.2) is 29.6 Å². The van der Waals surface area contributed by atoms with Crippen LogP contribution in [0.25, 0.3) is 0 Å². The zero-order valence-electron chi connectivity index (χ0n) is 13.2. The number of thiazole rings is 1. The third-order valence-corrected chi connectivity index (χ3v) is 4.25. The summed E-state index contributed by atoms with van der Waals surface area (Å²) in [5.74, 6) is 0.856. The maximum absolute atomic E-state index is 6.00. The third-order valence-electron chi connectivity index (χ3n) is 3.43. The van der Waals surface area contributed by atoms with Crippen LogP contribution in [0.4, 0.5) is 0 Å². The third kappa shape index (κ3) is 4.29. The lowest BCUT2D eigenvalue weighted by molar-refractivity contribution is 0.304. The monoisotopic (exact) mass is 304 g/mol. The predicted molar refractivity (Wildman–Crippen MR) is 88.8 cm³/mol. The standard InChI is InChI=1S/C17H24N2OS/c1-5-14(18)12-6-8-13(9-7-12)20-10-16-19-15(11-21-16)17(2,3)4/h6-9,11,14H,5,10,18H2,1-4H3/t14-/m0/s1. The van der Waals surface area contributed by atoms with Crippen molar-refractivity contribution in [2.24, 2.45) is 5.73 Å². The summed E-state index contributed by atoms with van der Waals surface area (Å²) in [6.07, 6.45) is 0.939. The highest BCUT2D eigenvalue weighted by Crippen LogP contribution is 2.25. The molecular weight excluding hydrogens is 280 g/mol. The molecule has 2 N–H and O–H groups in total. The van der Waals surface area contributed by atoms with Gasteiger partial charge in [0, 0.05) is 16.8 Å². The molecule has 0 bridgehead atoms. The fraction of sp³-hybridized carbons (Fsp3) is 0.471. The summed E-state index contributed by atoms with van der Waals surface area (Å²) in [5.41, 5.74) is 8.36. The van der Waals surface area contributed by atoms with E-state index in [0.29, 0.717) is 6.61 Å². The van der Waals surface area contributed by atoms with Gasteiger partial charge in [0.1, 0.15) is 17.4 Å². The van der Waals surface area contributed by atoms with E-state index in [1.807, 2.05) is 24.3 Å². The molecule has 0 saturated heterocycles. The molecule has 1 atom stereocenters. The Morgan fingerprint density at radius 3 is 2.43 bits per heavy atom. The van der Waals surface area contributed by atoms with E-state index in [0.717, 1.165) is 28.4 Å². The SMILES string of the molecule is CC[C@H](N)c1ccc(OCc2nc(C(C)(C)C)cs2)cc1. The van der Waals surface area contributed by atoms with E-state index in [2.05, 4.69) is 38.1 Å². The molecule has 0 fully saturated rings. The van der Waals surface area contributed by atoms with Crippen molar-refractivity contribution in [3.8, 4) is 5.75 Å². The van der Waals surface area contributed by atoms with Crippen molar-refractivity contribution in [2.75, 3.05) is 0 Å². The van der Waals surface area contributed by atoms with Crippen molar-refractivity contribution in [2.45, 2.75) is 52.2 Å². The number of nitrogens with two attached hydrogens (primary N) is 1. The van der Waals surface area contributed by atoms with E-state index >= 15 is 0 Å². The van der Waals surface area contributed by atoms with E-state index in [9.17, 15) is 0 Å². The zero-order valence-corrected chi connectivity index (χ0v) is 14.0. The van der Waals surface area contributed by atoms with Crippen LogP contribution in [-0.4, -0.2) is 4.98 Å². The Hall–Kier alpha value is -1.39. The average molecular weight is 304 g/mol. The van der Waals surface area contributed by atoms with Crippen molar-refractivity contribution in [3.63, 3.8) is 0 Å². The molecule has 0 amide bonds. The van der Waals surface area contributed by atoms with Gasteiger partial charge in [-0.15, -0.1) is 11.3 Å². The topological polar surface area (TPSA) is 48.1 Å². The van der Waals surface area contributed by atoms with Crippen molar-refractivity contribution >= 4 is 11.3 Å². The second-order valence-corrected chi connectivity index (χ2v) is 7.19. The number of nitrogens with zero attached hydrogens (tertiary/aromatic N) is 1. The van der Waals surface area contributed by atoms with Crippen LogP contribution in [0, 0.1) is 0 Å². The Balaban J connectivity index is 1.95. The Kier molecular flexibility index (Phi) is 5.01. The highest BCUT2D eigenvalue weighted by atomic mass is 32.1. The van der Waals surface area contributed by atoms with E-state index in [4.69, 9.17) is 10.5 Å². The minimum absolute atomic E-state index is 0.0900. The molecule has 0 aliphatic rings. The Morgan fingerprint density at radius 2 is 1.90 bits per heavy atom. The molecule has 1 heterocycles. The minimum atomic E-state index is 0.0900. The summed E-state index contributed by atoms with van der Waals surface area (Å²) in [6.45, 7) is 9.11. The van der Waals surface area contributed by atoms with Crippen LogP contribution in [-0.2, 0) is 12.0 Å². The van der Waals surface area contributed by atoms with Crippen LogP contribution in [0.1, 0.15) is 56.4 Å². The minimum Gasteiger partial charge on any atom is -0.486 e. The van der Waals surface area contributed by atoms with Crippen molar-refractivity contribution in [1.29, 1.82) is 0 Å². The smallest absolute Gasteiger partial charge is 0.140 e. The maximum atomic E-state index is 6.00. The van der Waals surface area contributed by atoms with Crippen LogP contribution in [0.3, 0.4) is 0 Å². The number of ether oxygens (including phenoxy) is 1. The van der Waals surface area contributed by atoms with Gasteiger partial charge >= 0.3 is 0 Å². The van der Waals surface area contributed by atoms with Crippen molar-refractivity contribution in [1.82, 2.24) is 4.98 Å². The summed E-state index contributed by atoms with van der Waals surface area (Å²) in [6, 6.07) is 8.12. The summed E-state index contributed by atoms with van der Waals surface area (Å²) < 4.78 is 5.79. The molecule has 114 valence electrons. The molecule has 21 heavy (non-hydrogen) atoms. The quantitative estimate of drug-likeness (QED) is 0.889. The second kappa shape index (κ2) is 6.58. The van der Waals surface area contributed by atoms with E-state index in [1.165, 1.54) is 0 Å². The van der Waals surface area contributed by atoms with E-state index in [1.54, 1.807) is 11.3 Å².